The minimum absolute atomic E-state index is 0.162. The molecule has 2 aliphatic heterocycles. The Morgan fingerprint density at radius 2 is 1.91 bits per heavy atom. The molecule has 0 aliphatic carbocycles. The van der Waals surface area contributed by atoms with E-state index in [0.717, 1.165) is 6.92 Å². The minimum Gasteiger partial charge on any atom is -0.477 e. The van der Waals surface area contributed by atoms with Gasteiger partial charge in [-0.2, -0.15) is 0 Å². The van der Waals surface area contributed by atoms with Crippen LogP contribution in [0.25, 0.3) is 0 Å². The molecule has 10 atom stereocenters. The number of aliphatic carboxylic acids is 1. The summed E-state index contributed by atoms with van der Waals surface area (Å²) in [6.07, 6.45) is -12.9. The number of carbonyl (C=O) groups is 2. The molecule has 0 bridgehead atoms. The predicted octanol–water partition coefficient (Wildman–Crippen LogP) is -4.36. The normalized spacial score (nSPS) is 39.8. The molecule has 8 N–H and O–H groups in total. The van der Waals surface area contributed by atoms with Gasteiger partial charge in [-0.3, -0.25) is 4.79 Å². The molecule has 2 fully saturated rings. The smallest absolute Gasteiger partial charge is 0.364 e. The van der Waals surface area contributed by atoms with E-state index in [1.807, 2.05) is 0 Å². The van der Waals surface area contributed by atoms with E-state index in [2.05, 4.69) is 5.32 Å². The summed E-state index contributed by atoms with van der Waals surface area (Å²) in [6.45, 7) is -0.428. The fraction of sp³-hybridized carbons (Fsp3) is 0.889. The highest BCUT2D eigenvalue weighted by molar-refractivity contribution is 5.76. The second kappa shape index (κ2) is 11.1. The van der Waals surface area contributed by atoms with Crippen molar-refractivity contribution in [2.75, 3.05) is 20.3 Å². The van der Waals surface area contributed by atoms with Gasteiger partial charge in [0.2, 0.25) is 5.91 Å². The fourth-order valence-electron chi connectivity index (χ4n) is 3.81. The number of methoxy groups -OCH3 is 1. The third-order valence-corrected chi connectivity index (χ3v) is 5.48. The Hall–Kier alpha value is -1.46. The number of carboxylic acids is 1. The number of carbonyl (C=O) groups excluding carboxylic acids is 1. The number of carboxylic acid groups (broad SMARTS) is 1. The molecule has 2 rings (SSSR count). The Balaban J connectivity index is 2.38. The average molecular weight is 469 g/mol. The van der Waals surface area contributed by atoms with Crippen molar-refractivity contribution in [3.05, 3.63) is 0 Å². The molecule has 0 aromatic heterocycles. The summed E-state index contributed by atoms with van der Waals surface area (Å²) in [6, 6.07) is -1.35. The molecular formula is C18H31NO13. The number of amides is 1. The maximum atomic E-state index is 12.2. The van der Waals surface area contributed by atoms with Crippen LogP contribution >= 0.6 is 0 Å². The first kappa shape index (κ1) is 26.8. The van der Waals surface area contributed by atoms with Crippen LogP contribution < -0.4 is 5.32 Å². The van der Waals surface area contributed by atoms with E-state index in [9.17, 15) is 45.3 Å². The Morgan fingerprint density at radius 3 is 2.41 bits per heavy atom. The van der Waals surface area contributed by atoms with Crippen LogP contribution in [0.2, 0.25) is 0 Å². The van der Waals surface area contributed by atoms with Crippen LogP contribution in [0.15, 0.2) is 0 Å². The number of hydrogen-bond acceptors (Lipinski definition) is 12. The van der Waals surface area contributed by atoms with Crippen molar-refractivity contribution in [1.82, 2.24) is 5.32 Å². The molecular weight excluding hydrogens is 438 g/mol. The first-order valence-electron chi connectivity index (χ1n) is 9.98. The first-order valence-corrected chi connectivity index (χ1v) is 9.98. The van der Waals surface area contributed by atoms with Crippen molar-refractivity contribution in [3.63, 3.8) is 0 Å². The lowest BCUT2D eigenvalue weighted by atomic mass is 9.88. The molecule has 2 saturated heterocycles. The molecule has 186 valence electrons. The van der Waals surface area contributed by atoms with Crippen molar-refractivity contribution in [3.8, 4) is 0 Å². The van der Waals surface area contributed by atoms with Gasteiger partial charge in [-0.1, -0.05) is 0 Å². The van der Waals surface area contributed by atoms with Crippen molar-refractivity contribution in [2.24, 2.45) is 0 Å². The highest BCUT2D eigenvalue weighted by Gasteiger charge is 2.57. The SMILES string of the molecule is CO[C@@H]1C[C@@H](O[C@]2(C(=O)O)C[C@H](O)[C@@H](NC(C)=O)[C@H]([C@H](O)[C@H](O)CO)O2)[C@@H](O)[C@@H](CO)O1. The van der Waals surface area contributed by atoms with Gasteiger partial charge in [-0.05, 0) is 0 Å². The Morgan fingerprint density at radius 1 is 1.25 bits per heavy atom. The Labute approximate surface area is 183 Å². The van der Waals surface area contributed by atoms with Gasteiger partial charge < -0.3 is 60.0 Å². The van der Waals surface area contributed by atoms with Crippen LogP contribution in [0.4, 0.5) is 0 Å². The van der Waals surface area contributed by atoms with Gasteiger partial charge >= 0.3 is 5.97 Å². The third kappa shape index (κ3) is 5.72. The molecule has 2 aliphatic rings. The van der Waals surface area contributed by atoms with E-state index in [0.29, 0.717) is 0 Å². The van der Waals surface area contributed by atoms with E-state index in [1.54, 1.807) is 0 Å². The first-order chi connectivity index (χ1) is 15.0. The van der Waals surface area contributed by atoms with Gasteiger partial charge in [0.1, 0.15) is 30.5 Å². The lowest BCUT2D eigenvalue weighted by molar-refractivity contribution is -0.349. The summed E-state index contributed by atoms with van der Waals surface area (Å²) < 4.78 is 21.5. The van der Waals surface area contributed by atoms with Gasteiger partial charge in [-0.15, -0.1) is 0 Å². The van der Waals surface area contributed by atoms with Crippen LogP contribution in [0.3, 0.4) is 0 Å². The molecule has 14 nitrogen and oxygen atoms in total. The highest BCUT2D eigenvalue weighted by Crippen LogP contribution is 2.37. The van der Waals surface area contributed by atoms with Crippen LogP contribution in [-0.4, -0.2) is 129 Å². The summed E-state index contributed by atoms with van der Waals surface area (Å²) in [4.78, 5) is 23.8. The molecule has 1 amide bonds. The fourth-order valence-corrected chi connectivity index (χ4v) is 3.81. The zero-order chi connectivity index (χ0) is 24.2. The zero-order valence-corrected chi connectivity index (χ0v) is 17.6. The number of ether oxygens (including phenoxy) is 4. The van der Waals surface area contributed by atoms with E-state index in [1.165, 1.54) is 7.11 Å². The molecule has 0 unspecified atom stereocenters. The van der Waals surface area contributed by atoms with Crippen molar-refractivity contribution in [1.29, 1.82) is 0 Å². The van der Waals surface area contributed by atoms with E-state index in [4.69, 9.17) is 18.9 Å². The maximum Gasteiger partial charge on any atom is 0.364 e. The van der Waals surface area contributed by atoms with Crippen molar-refractivity contribution in [2.45, 2.75) is 80.6 Å². The second-order valence-electron chi connectivity index (χ2n) is 7.78. The summed E-state index contributed by atoms with van der Waals surface area (Å²) >= 11 is 0. The van der Waals surface area contributed by atoms with Gasteiger partial charge in [-0.25, -0.2) is 4.79 Å². The van der Waals surface area contributed by atoms with Crippen LogP contribution in [0.1, 0.15) is 19.8 Å². The number of rotatable bonds is 9. The standard InChI is InChI=1S/C18H31NO13/c1-7(22)19-13-8(23)4-18(17(27)28,32-16(13)14(25)9(24)5-20)31-10-3-12(29-2)30-11(6-21)15(10)26/h8-16,20-21,23-26H,3-6H2,1-2H3,(H,19,22)(H,27,28)/t8-,9+,10+,11+,12-,13+,14+,15+,16+,18+/m0/s1. The largest absolute Gasteiger partial charge is 0.477 e. The molecule has 14 heteroatoms. The quantitative estimate of drug-likeness (QED) is 0.160. The second-order valence-corrected chi connectivity index (χ2v) is 7.78. The number of aliphatic hydroxyl groups is 6. The van der Waals surface area contributed by atoms with E-state index >= 15 is 0 Å². The molecule has 0 saturated carbocycles. The summed E-state index contributed by atoms with van der Waals surface area (Å²) in [7, 11) is 1.29. The monoisotopic (exact) mass is 469 g/mol. The topological polar surface area (TPSA) is 225 Å². The van der Waals surface area contributed by atoms with Crippen molar-refractivity contribution < 1.29 is 64.3 Å². The predicted molar refractivity (Wildman–Crippen MR) is 101 cm³/mol. The summed E-state index contributed by atoms with van der Waals surface area (Å²) in [5.41, 5.74) is 0. The van der Waals surface area contributed by atoms with Crippen LogP contribution in [-0.2, 0) is 28.5 Å². The number of nitrogens with one attached hydrogen (secondary N) is 1. The maximum absolute atomic E-state index is 12.2. The van der Waals surface area contributed by atoms with Gasteiger partial charge in [0, 0.05) is 26.9 Å². The average Bonchev–Trinajstić information content (AvgIpc) is 2.75. The summed E-state index contributed by atoms with van der Waals surface area (Å²) in [5.74, 6) is -4.98. The van der Waals surface area contributed by atoms with E-state index < -0.39 is 92.4 Å². The minimum atomic E-state index is -2.63. The van der Waals surface area contributed by atoms with Crippen LogP contribution in [0.5, 0.6) is 0 Å². The molecule has 0 spiro atoms. The molecule has 0 aromatic carbocycles. The van der Waals surface area contributed by atoms with Gasteiger partial charge in [0.15, 0.2) is 6.29 Å². The molecule has 0 radical (unpaired) electrons. The van der Waals surface area contributed by atoms with Crippen molar-refractivity contribution >= 4 is 11.9 Å². The number of aliphatic hydroxyl groups excluding tert-OH is 6. The van der Waals surface area contributed by atoms with E-state index in [-0.39, 0.29) is 6.42 Å². The lowest BCUT2D eigenvalue weighted by Crippen LogP contribution is -2.69. The number of hydrogen-bond donors (Lipinski definition) is 8. The van der Waals surface area contributed by atoms with Crippen LogP contribution in [0, 0.1) is 0 Å². The zero-order valence-electron chi connectivity index (χ0n) is 17.6. The molecule has 2 heterocycles. The molecule has 32 heavy (non-hydrogen) atoms. The highest BCUT2D eigenvalue weighted by atomic mass is 16.7. The third-order valence-electron chi connectivity index (χ3n) is 5.48. The lowest BCUT2D eigenvalue weighted by Gasteiger charge is -2.49. The van der Waals surface area contributed by atoms with Gasteiger partial charge in [0.25, 0.3) is 5.79 Å². The Kier molecular flexibility index (Phi) is 9.30. The summed E-state index contributed by atoms with van der Waals surface area (Å²) in [5, 5.41) is 72.2. The molecule has 0 aromatic rings. The van der Waals surface area contributed by atoms with Gasteiger partial charge in [0.05, 0.1) is 31.5 Å². The Bertz CT molecular complexity index is 650.